The molecule has 0 saturated carbocycles. The van der Waals surface area contributed by atoms with Gasteiger partial charge in [-0.2, -0.15) is 5.10 Å². The SMILES string of the molecule is Cc1cnn(C(C)C(C)NCCCc2nc3ccccc3o2)c1. The average Bonchev–Trinajstić information content (AvgIpc) is 3.16. The molecule has 0 amide bonds. The van der Waals surface area contributed by atoms with E-state index in [1.165, 1.54) is 5.56 Å². The minimum atomic E-state index is 0.327. The van der Waals surface area contributed by atoms with Gasteiger partial charge in [-0.05, 0) is 51.4 Å². The van der Waals surface area contributed by atoms with Crippen LogP contribution in [0.1, 0.15) is 37.8 Å². The molecule has 3 rings (SSSR count). The van der Waals surface area contributed by atoms with Gasteiger partial charge in [0.1, 0.15) is 5.52 Å². The summed E-state index contributed by atoms with van der Waals surface area (Å²) < 4.78 is 7.76. The highest BCUT2D eigenvalue weighted by molar-refractivity contribution is 5.72. The molecule has 23 heavy (non-hydrogen) atoms. The van der Waals surface area contributed by atoms with E-state index >= 15 is 0 Å². The molecule has 1 aromatic carbocycles. The summed E-state index contributed by atoms with van der Waals surface area (Å²) in [7, 11) is 0. The highest BCUT2D eigenvalue weighted by atomic mass is 16.3. The van der Waals surface area contributed by atoms with E-state index in [9.17, 15) is 0 Å². The first kappa shape index (κ1) is 15.7. The van der Waals surface area contributed by atoms with E-state index in [4.69, 9.17) is 4.42 Å². The molecule has 3 aromatic rings. The van der Waals surface area contributed by atoms with Crippen LogP contribution in [0.15, 0.2) is 41.1 Å². The highest BCUT2D eigenvalue weighted by Crippen LogP contribution is 2.16. The molecule has 5 nitrogen and oxygen atoms in total. The fourth-order valence-electron chi connectivity index (χ4n) is 2.65. The summed E-state index contributed by atoms with van der Waals surface area (Å²) in [5.41, 5.74) is 3.00. The Labute approximate surface area is 136 Å². The summed E-state index contributed by atoms with van der Waals surface area (Å²) in [5.74, 6) is 0.816. The van der Waals surface area contributed by atoms with Crippen LogP contribution in [0.4, 0.5) is 0 Å². The largest absolute Gasteiger partial charge is 0.441 e. The second-order valence-electron chi connectivity index (χ2n) is 6.16. The van der Waals surface area contributed by atoms with Crippen molar-refractivity contribution in [3.05, 3.63) is 48.1 Å². The molecule has 0 aliphatic heterocycles. The molecule has 5 heteroatoms. The van der Waals surface area contributed by atoms with Crippen LogP contribution in [0, 0.1) is 6.92 Å². The smallest absolute Gasteiger partial charge is 0.195 e. The Morgan fingerprint density at radius 1 is 1.26 bits per heavy atom. The molecule has 2 aromatic heterocycles. The molecule has 0 bridgehead atoms. The predicted molar refractivity (Wildman–Crippen MR) is 91.5 cm³/mol. The zero-order valence-corrected chi connectivity index (χ0v) is 14.0. The molecule has 0 radical (unpaired) electrons. The number of oxazole rings is 1. The van der Waals surface area contributed by atoms with Gasteiger partial charge in [-0.3, -0.25) is 4.68 Å². The summed E-state index contributed by atoms with van der Waals surface area (Å²) >= 11 is 0. The Kier molecular flexibility index (Phi) is 4.76. The molecule has 2 atom stereocenters. The summed E-state index contributed by atoms with van der Waals surface area (Å²) in [6, 6.07) is 8.58. The highest BCUT2D eigenvalue weighted by Gasteiger charge is 2.14. The van der Waals surface area contributed by atoms with Crippen molar-refractivity contribution in [1.29, 1.82) is 0 Å². The van der Waals surface area contributed by atoms with Gasteiger partial charge in [-0.25, -0.2) is 4.98 Å². The van der Waals surface area contributed by atoms with Gasteiger partial charge >= 0.3 is 0 Å². The summed E-state index contributed by atoms with van der Waals surface area (Å²) in [4.78, 5) is 4.51. The third-order valence-corrected chi connectivity index (χ3v) is 4.24. The van der Waals surface area contributed by atoms with Crippen LogP contribution in [0.5, 0.6) is 0 Å². The summed E-state index contributed by atoms with van der Waals surface area (Å²) in [5, 5.41) is 7.95. The third kappa shape index (κ3) is 3.79. The molecule has 122 valence electrons. The number of hydrogen-bond donors (Lipinski definition) is 1. The van der Waals surface area contributed by atoms with Gasteiger partial charge < -0.3 is 9.73 Å². The lowest BCUT2D eigenvalue weighted by molar-refractivity contribution is 0.363. The summed E-state index contributed by atoms with van der Waals surface area (Å²) in [6.07, 6.45) is 5.84. The average molecular weight is 312 g/mol. The Hall–Kier alpha value is -2.14. The molecule has 0 fully saturated rings. The third-order valence-electron chi connectivity index (χ3n) is 4.24. The molecule has 2 heterocycles. The minimum absolute atomic E-state index is 0.327. The first-order valence-corrected chi connectivity index (χ1v) is 8.22. The Bertz CT molecular complexity index is 728. The summed E-state index contributed by atoms with van der Waals surface area (Å²) in [6.45, 7) is 7.38. The van der Waals surface area contributed by atoms with Crippen LogP contribution in [0.25, 0.3) is 11.1 Å². The molecular weight excluding hydrogens is 288 g/mol. The first-order valence-electron chi connectivity index (χ1n) is 8.22. The Balaban J connectivity index is 1.45. The zero-order chi connectivity index (χ0) is 16.2. The molecule has 0 aliphatic carbocycles. The van der Waals surface area contributed by atoms with Gasteiger partial charge in [0, 0.05) is 18.7 Å². The maximum Gasteiger partial charge on any atom is 0.195 e. The maximum atomic E-state index is 5.74. The van der Waals surface area contributed by atoms with E-state index in [1.54, 1.807) is 0 Å². The van der Waals surface area contributed by atoms with Crippen LogP contribution >= 0.6 is 0 Å². The van der Waals surface area contributed by atoms with Crippen LogP contribution in [-0.2, 0) is 6.42 Å². The quantitative estimate of drug-likeness (QED) is 0.678. The van der Waals surface area contributed by atoms with E-state index in [1.807, 2.05) is 35.1 Å². The monoisotopic (exact) mass is 312 g/mol. The van der Waals surface area contributed by atoms with Gasteiger partial charge in [0.05, 0.1) is 12.2 Å². The zero-order valence-electron chi connectivity index (χ0n) is 14.0. The minimum Gasteiger partial charge on any atom is -0.441 e. The number of rotatable bonds is 7. The molecule has 0 aliphatic rings. The van der Waals surface area contributed by atoms with Crippen molar-refractivity contribution in [2.24, 2.45) is 0 Å². The first-order chi connectivity index (χ1) is 11.1. The Morgan fingerprint density at radius 3 is 2.83 bits per heavy atom. The van der Waals surface area contributed by atoms with Gasteiger partial charge in [0.2, 0.25) is 0 Å². The van der Waals surface area contributed by atoms with Gasteiger partial charge in [-0.15, -0.1) is 0 Å². The van der Waals surface area contributed by atoms with Crippen molar-refractivity contribution in [3.8, 4) is 0 Å². The standard InChI is InChI=1S/C18H24N4O/c1-13-11-20-22(12-13)15(3)14(2)19-10-6-9-18-21-16-7-4-5-8-17(16)23-18/h4-5,7-8,11-12,14-15,19H,6,9-10H2,1-3H3. The van der Waals surface area contributed by atoms with Crippen LogP contribution in [0.2, 0.25) is 0 Å². The van der Waals surface area contributed by atoms with Crippen molar-refractivity contribution in [2.75, 3.05) is 6.54 Å². The van der Waals surface area contributed by atoms with Gasteiger partial charge in [-0.1, -0.05) is 12.1 Å². The predicted octanol–water partition coefficient (Wildman–Crippen LogP) is 3.50. The number of aromatic nitrogens is 3. The van der Waals surface area contributed by atoms with Crippen LogP contribution < -0.4 is 5.32 Å². The molecule has 0 saturated heterocycles. The van der Waals surface area contributed by atoms with E-state index in [-0.39, 0.29) is 0 Å². The lowest BCUT2D eigenvalue weighted by Gasteiger charge is -2.21. The van der Waals surface area contributed by atoms with Crippen LogP contribution in [0.3, 0.4) is 0 Å². The van der Waals surface area contributed by atoms with E-state index in [0.717, 1.165) is 36.4 Å². The van der Waals surface area contributed by atoms with Gasteiger partial charge in [0.25, 0.3) is 0 Å². The number of benzene rings is 1. The molecular formula is C18H24N4O. The molecule has 1 N–H and O–H groups in total. The number of para-hydroxylation sites is 2. The van der Waals surface area contributed by atoms with Crippen molar-refractivity contribution in [2.45, 2.75) is 45.7 Å². The lowest BCUT2D eigenvalue weighted by Crippen LogP contribution is -2.34. The number of nitrogens with zero attached hydrogens (tertiary/aromatic N) is 3. The topological polar surface area (TPSA) is 55.9 Å². The van der Waals surface area contributed by atoms with E-state index < -0.39 is 0 Å². The van der Waals surface area contributed by atoms with E-state index in [0.29, 0.717) is 12.1 Å². The molecule has 2 unspecified atom stereocenters. The van der Waals surface area contributed by atoms with Crippen molar-refractivity contribution < 1.29 is 4.42 Å². The normalized spacial score (nSPS) is 14.2. The second-order valence-corrected chi connectivity index (χ2v) is 6.16. The number of nitrogens with one attached hydrogen (secondary N) is 1. The fraction of sp³-hybridized carbons (Fsp3) is 0.444. The van der Waals surface area contributed by atoms with Crippen LogP contribution in [-0.4, -0.2) is 27.4 Å². The number of aryl methyl sites for hydroxylation is 2. The number of fused-ring (bicyclic) bond motifs is 1. The second kappa shape index (κ2) is 6.96. The fourth-order valence-corrected chi connectivity index (χ4v) is 2.65. The van der Waals surface area contributed by atoms with Crippen molar-refractivity contribution >= 4 is 11.1 Å². The van der Waals surface area contributed by atoms with Gasteiger partial charge in [0.15, 0.2) is 11.5 Å². The van der Waals surface area contributed by atoms with Crippen molar-refractivity contribution in [1.82, 2.24) is 20.1 Å². The lowest BCUT2D eigenvalue weighted by atomic mass is 10.1. The van der Waals surface area contributed by atoms with E-state index in [2.05, 4.69) is 42.4 Å². The molecule has 0 spiro atoms. The maximum absolute atomic E-state index is 5.74. The number of hydrogen-bond acceptors (Lipinski definition) is 4. The van der Waals surface area contributed by atoms with Crippen molar-refractivity contribution in [3.63, 3.8) is 0 Å². The Morgan fingerprint density at radius 2 is 2.09 bits per heavy atom.